The Hall–Kier alpha value is -2.94. The van der Waals surface area contributed by atoms with Crippen molar-refractivity contribution in [1.82, 2.24) is 5.32 Å². The second kappa shape index (κ2) is 9.28. The molecule has 0 bridgehead atoms. The van der Waals surface area contributed by atoms with Gasteiger partial charge in [0.05, 0.1) is 26.0 Å². The van der Waals surface area contributed by atoms with Crippen LogP contribution in [0.1, 0.15) is 11.1 Å². The first-order valence-electron chi connectivity index (χ1n) is 10.1. The number of aryl methyl sites for hydroxylation is 1. The highest BCUT2D eigenvalue weighted by Crippen LogP contribution is 2.30. The highest BCUT2D eigenvalue weighted by Gasteiger charge is 2.34. The van der Waals surface area contributed by atoms with Crippen LogP contribution in [0.3, 0.4) is 0 Å². The lowest BCUT2D eigenvalue weighted by Gasteiger charge is -2.30. The van der Waals surface area contributed by atoms with Gasteiger partial charge in [-0.3, -0.25) is 19.8 Å². The number of nitrogens with zero attached hydrogens (tertiary/aromatic N) is 2. The molecule has 1 N–H and O–H groups in total. The van der Waals surface area contributed by atoms with Gasteiger partial charge >= 0.3 is 0 Å². The Kier molecular flexibility index (Phi) is 6.45. The van der Waals surface area contributed by atoms with Crippen LogP contribution in [0.4, 0.5) is 11.4 Å². The van der Waals surface area contributed by atoms with Gasteiger partial charge in [0.1, 0.15) is 11.3 Å². The van der Waals surface area contributed by atoms with Crippen LogP contribution in [0, 0.1) is 6.92 Å². The maximum atomic E-state index is 13.3. The predicted octanol–water partition coefficient (Wildman–Crippen LogP) is 3.32. The molecule has 2 fully saturated rings. The van der Waals surface area contributed by atoms with E-state index in [9.17, 15) is 9.59 Å². The van der Waals surface area contributed by atoms with Crippen molar-refractivity contribution in [2.75, 3.05) is 43.2 Å². The summed E-state index contributed by atoms with van der Waals surface area (Å²) >= 11 is 11.4. The van der Waals surface area contributed by atoms with Crippen molar-refractivity contribution in [1.29, 1.82) is 0 Å². The van der Waals surface area contributed by atoms with Gasteiger partial charge in [-0.2, -0.15) is 0 Å². The van der Waals surface area contributed by atoms with Gasteiger partial charge in [-0.15, -0.1) is 0 Å². The highest BCUT2D eigenvalue weighted by molar-refractivity contribution is 7.80. The molecule has 4 rings (SSSR count). The molecule has 166 valence electrons. The summed E-state index contributed by atoms with van der Waals surface area (Å²) < 4.78 is 11.0. The van der Waals surface area contributed by atoms with Crippen molar-refractivity contribution in [3.63, 3.8) is 0 Å². The second-order valence-electron chi connectivity index (χ2n) is 7.42. The number of hydrogen-bond acceptors (Lipinski definition) is 6. The van der Waals surface area contributed by atoms with Gasteiger partial charge in [-0.1, -0.05) is 11.6 Å². The van der Waals surface area contributed by atoms with Crippen molar-refractivity contribution in [2.24, 2.45) is 0 Å². The van der Waals surface area contributed by atoms with E-state index in [0.29, 0.717) is 35.2 Å². The standard InChI is InChI=1S/C23H22ClN3O4S/c1-14-11-17(5-6-19(14)24)27-22(29)18(21(28)25-23(27)32)12-15-3-4-16(13-20(15)30-2)26-7-9-31-10-8-26/h3-6,11-13H,7-10H2,1-2H3,(H,25,28,32). The first-order chi connectivity index (χ1) is 15.4. The lowest BCUT2D eigenvalue weighted by atomic mass is 10.0. The van der Waals surface area contributed by atoms with Crippen LogP contribution in [0.5, 0.6) is 5.75 Å². The molecule has 32 heavy (non-hydrogen) atoms. The minimum absolute atomic E-state index is 0.0218. The number of ether oxygens (including phenoxy) is 2. The molecular weight excluding hydrogens is 450 g/mol. The van der Waals surface area contributed by atoms with Crippen molar-refractivity contribution in [3.05, 3.63) is 58.1 Å². The van der Waals surface area contributed by atoms with E-state index in [-0.39, 0.29) is 10.7 Å². The highest BCUT2D eigenvalue weighted by atomic mass is 35.5. The van der Waals surface area contributed by atoms with Crippen LogP contribution in [-0.4, -0.2) is 50.3 Å². The molecule has 2 aromatic carbocycles. The molecule has 7 nitrogen and oxygen atoms in total. The van der Waals surface area contributed by atoms with E-state index in [0.717, 1.165) is 24.3 Å². The molecule has 0 radical (unpaired) electrons. The number of methoxy groups -OCH3 is 1. The number of morpholine rings is 1. The fourth-order valence-corrected chi connectivity index (χ4v) is 4.05. The van der Waals surface area contributed by atoms with Crippen LogP contribution in [0.2, 0.25) is 5.02 Å². The van der Waals surface area contributed by atoms with E-state index < -0.39 is 11.8 Å². The summed E-state index contributed by atoms with van der Waals surface area (Å²) in [5, 5.41) is 3.20. The molecule has 2 aliphatic rings. The van der Waals surface area contributed by atoms with Gasteiger partial charge in [0.2, 0.25) is 0 Å². The Balaban J connectivity index is 1.68. The topological polar surface area (TPSA) is 71.1 Å². The quantitative estimate of drug-likeness (QED) is 0.419. The van der Waals surface area contributed by atoms with E-state index in [1.165, 1.54) is 11.0 Å². The lowest BCUT2D eigenvalue weighted by molar-refractivity contribution is -0.122. The lowest BCUT2D eigenvalue weighted by Crippen LogP contribution is -2.54. The number of hydrogen-bond donors (Lipinski definition) is 1. The molecule has 0 unspecified atom stereocenters. The van der Waals surface area contributed by atoms with Crippen LogP contribution in [0.15, 0.2) is 42.0 Å². The average Bonchev–Trinajstić information content (AvgIpc) is 2.79. The van der Waals surface area contributed by atoms with Crippen molar-refractivity contribution >= 4 is 58.2 Å². The third kappa shape index (κ3) is 4.34. The largest absolute Gasteiger partial charge is 0.496 e. The Bertz CT molecular complexity index is 1130. The molecule has 0 atom stereocenters. The van der Waals surface area contributed by atoms with Gasteiger partial charge in [0, 0.05) is 35.4 Å². The second-order valence-corrected chi connectivity index (χ2v) is 8.21. The number of anilines is 2. The first-order valence-corrected chi connectivity index (χ1v) is 10.9. The normalized spacial score (nSPS) is 18.2. The number of benzene rings is 2. The minimum Gasteiger partial charge on any atom is -0.496 e. The molecule has 2 amide bonds. The number of rotatable bonds is 4. The number of carbonyl (C=O) groups is 2. The Morgan fingerprint density at radius 2 is 1.84 bits per heavy atom. The van der Waals surface area contributed by atoms with Gasteiger partial charge in [0.25, 0.3) is 11.8 Å². The van der Waals surface area contributed by atoms with Crippen LogP contribution in [0.25, 0.3) is 6.08 Å². The van der Waals surface area contributed by atoms with Crippen LogP contribution < -0.4 is 19.9 Å². The maximum Gasteiger partial charge on any atom is 0.270 e. The van der Waals surface area contributed by atoms with E-state index >= 15 is 0 Å². The van der Waals surface area contributed by atoms with Crippen molar-refractivity contribution in [3.8, 4) is 5.75 Å². The smallest absolute Gasteiger partial charge is 0.270 e. The van der Waals surface area contributed by atoms with Gasteiger partial charge in [-0.05, 0) is 61.1 Å². The van der Waals surface area contributed by atoms with E-state index in [1.54, 1.807) is 25.3 Å². The fraction of sp³-hybridized carbons (Fsp3) is 0.261. The maximum absolute atomic E-state index is 13.3. The van der Waals surface area contributed by atoms with Crippen molar-refractivity contribution in [2.45, 2.75) is 6.92 Å². The Labute approximate surface area is 196 Å². The first kappa shape index (κ1) is 22.3. The van der Waals surface area contributed by atoms with E-state index in [2.05, 4.69) is 10.2 Å². The number of thiocarbonyl (C=S) groups is 1. The zero-order valence-electron chi connectivity index (χ0n) is 17.7. The van der Waals surface area contributed by atoms with Gasteiger partial charge < -0.3 is 14.4 Å². The molecule has 9 heteroatoms. The zero-order valence-corrected chi connectivity index (χ0v) is 19.3. The molecule has 0 spiro atoms. The average molecular weight is 472 g/mol. The fourth-order valence-electron chi connectivity index (χ4n) is 3.65. The number of halogens is 1. The summed E-state index contributed by atoms with van der Waals surface area (Å²) in [5.41, 5.74) is 2.89. The van der Waals surface area contributed by atoms with Crippen LogP contribution in [-0.2, 0) is 14.3 Å². The molecule has 2 aromatic rings. The summed E-state index contributed by atoms with van der Waals surface area (Å²) in [5.74, 6) is -0.509. The monoisotopic (exact) mass is 471 g/mol. The Morgan fingerprint density at radius 3 is 2.53 bits per heavy atom. The molecular formula is C23H22ClN3O4S. The number of carbonyl (C=O) groups excluding carboxylic acids is 2. The molecule has 2 aliphatic heterocycles. The van der Waals surface area contributed by atoms with E-state index in [4.69, 9.17) is 33.3 Å². The minimum atomic E-state index is -0.554. The van der Waals surface area contributed by atoms with Crippen molar-refractivity contribution < 1.29 is 19.1 Å². The third-order valence-electron chi connectivity index (χ3n) is 5.39. The Morgan fingerprint density at radius 1 is 1.12 bits per heavy atom. The molecule has 0 aliphatic carbocycles. The number of nitrogens with one attached hydrogen (secondary N) is 1. The molecule has 0 saturated carbocycles. The summed E-state index contributed by atoms with van der Waals surface area (Å²) in [7, 11) is 1.56. The van der Waals surface area contributed by atoms with Crippen LogP contribution >= 0.6 is 23.8 Å². The molecule has 0 aromatic heterocycles. The number of amides is 2. The third-order valence-corrected chi connectivity index (χ3v) is 6.10. The molecule has 2 saturated heterocycles. The van der Waals surface area contributed by atoms with Gasteiger partial charge in [-0.25, -0.2) is 0 Å². The summed E-state index contributed by atoms with van der Waals surface area (Å²) in [6, 6.07) is 10.8. The summed E-state index contributed by atoms with van der Waals surface area (Å²) in [4.78, 5) is 29.4. The predicted molar refractivity (Wildman–Crippen MR) is 128 cm³/mol. The molecule has 2 heterocycles. The van der Waals surface area contributed by atoms with E-state index in [1.807, 2.05) is 25.1 Å². The zero-order chi connectivity index (χ0) is 22.8. The summed E-state index contributed by atoms with van der Waals surface area (Å²) in [6.07, 6.45) is 1.52. The SMILES string of the molecule is COc1cc(N2CCOCC2)ccc1C=C1C(=O)NC(=S)N(c2ccc(Cl)c(C)c2)C1=O. The van der Waals surface area contributed by atoms with Gasteiger partial charge in [0.15, 0.2) is 5.11 Å². The summed E-state index contributed by atoms with van der Waals surface area (Å²) in [6.45, 7) is 4.75.